The van der Waals surface area contributed by atoms with E-state index >= 15 is 0 Å². The molecule has 1 aromatic carbocycles. The van der Waals surface area contributed by atoms with Crippen molar-refractivity contribution in [3.63, 3.8) is 0 Å². The SMILES string of the molecule is CC(C(=O)N1CCCN(CCCc2ccccc2)CC1)n1cccc1. The Bertz CT molecular complexity index is 638. The number of hydrogen-bond acceptors (Lipinski definition) is 2. The second kappa shape index (κ2) is 8.86. The lowest BCUT2D eigenvalue weighted by atomic mass is 10.1. The van der Waals surface area contributed by atoms with Gasteiger partial charge < -0.3 is 14.4 Å². The molecule has 1 atom stereocenters. The Morgan fingerprint density at radius 3 is 2.52 bits per heavy atom. The fourth-order valence-corrected chi connectivity index (χ4v) is 3.56. The highest BCUT2D eigenvalue weighted by Gasteiger charge is 2.23. The minimum absolute atomic E-state index is 0.111. The summed E-state index contributed by atoms with van der Waals surface area (Å²) in [6, 6.07) is 14.5. The normalized spacial score (nSPS) is 17.2. The molecule has 0 bridgehead atoms. The molecular weight excluding hydrogens is 310 g/mol. The van der Waals surface area contributed by atoms with Gasteiger partial charge in [0, 0.05) is 32.0 Å². The van der Waals surface area contributed by atoms with E-state index in [2.05, 4.69) is 35.2 Å². The maximum Gasteiger partial charge on any atom is 0.245 e. The highest BCUT2D eigenvalue weighted by atomic mass is 16.2. The first-order chi connectivity index (χ1) is 12.2. The molecule has 134 valence electrons. The molecule has 1 saturated heterocycles. The molecule has 3 rings (SSSR count). The lowest BCUT2D eigenvalue weighted by Crippen LogP contribution is -2.39. The second-order valence-electron chi connectivity index (χ2n) is 6.92. The van der Waals surface area contributed by atoms with Gasteiger partial charge in [-0.3, -0.25) is 4.79 Å². The highest BCUT2D eigenvalue weighted by Crippen LogP contribution is 2.13. The van der Waals surface area contributed by atoms with Crippen LogP contribution in [0.2, 0.25) is 0 Å². The summed E-state index contributed by atoms with van der Waals surface area (Å²) in [6.45, 7) is 6.90. The number of carbonyl (C=O) groups is 1. The van der Waals surface area contributed by atoms with E-state index in [1.165, 1.54) is 12.0 Å². The summed E-state index contributed by atoms with van der Waals surface area (Å²) in [5, 5.41) is 0. The van der Waals surface area contributed by atoms with E-state index in [4.69, 9.17) is 0 Å². The molecule has 0 radical (unpaired) electrons. The fourth-order valence-electron chi connectivity index (χ4n) is 3.56. The van der Waals surface area contributed by atoms with Crippen LogP contribution in [0.25, 0.3) is 0 Å². The van der Waals surface area contributed by atoms with Crippen LogP contribution in [0.15, 0.2) is 54.9 Å². The van der Waals surface area contributed by atoms with Gasteiger partial charge in [0.2, 0.25) is 5.91 Å². The van der Waals surface area contributed by atoms with Crippen LogP contribution in [0.1, 0.15) is 31.4 Å². The van der Waals surface area contributed by atoms with E-state index in [1.54, 1.807) is 0 Å². The number of carbonyl (C=O) groups excluding carboxylic acids is 1. The third-order valence-electron chi connectivity index (χ3n) is 5.11. The van der Waals surface area contributed by atoms with Crippen LogP contribution in [0.3, 0.4) is 0 Å². The predicted octanol–water partition coefficient (Wildman–Crippen LogP) is 3.22. The van der Waals surface area contributed by atoms with Crippen molar-refractivity contribution in [1.29, 1.82) is 0 Å². The van der Waals surface area contributed by atoms with Crippen molar-refractivity contribution in [2.45, 2.75) is 32.2 Å². The molecule has 2 aromatic rings. The van der Waals surface area contributed by atoms with Crippen LogP contribution in [0, 0.1) is 0 Å². The Kier molecular flexibility index (Phi) is 6.29. The largest absolute Gasteiger partial charge is 0.342 e. The quantitative estimate of drug-likeness (QED) is 0.808. The topological polar surface area (TPSA) is 28.5 Å². The van der Waals surface area contributed by atoms with E-state index in [-0.39, 0.29) is 11.9 Å². The number of amides is 1. The van der Waals surface area contributed by atoms with Crippen molar-refractivity contribution in [3.05, 3.63) is 60.4 Å². The van der Waals surface area contributed by atoms with Gasteiger partial charge in [-0.05, 0) is 57.0 Å². The van der Waals surface area contributed by atoms with Crippen molar-refractivity contribution in [2.24, 2.45) is 0 Å². The van der Waals surface area contributed by atoms with E-state index in [1.807, 2.05) is 40.9 Å². The monoisotopic (exact) mass is 339 g/mol. The number of nitrogens with zero attached hydrogens (tertiary/aromatic N) is 3. The Labute approximate surface area is 151 Å². The molecule has 25 heavy (non-hydrogen) atoms. The molecule has 4 heteroatoms. The molecule has 4 nitrogen and oxygen atoms in total. The van der Waals surface area contributed by atoms with Crippen LogP contribution < -0.4 is 0 Å². The summed E-state index contributed by atoms with van der Waals surface area (Å²) >= 11 is 0. The number of benzene rings is 1. The van der Waals surface area contributed by atoms with Crippen molar-refractivity contribution < 1.29 is 4.79 Å². The Morgan fingerprint density at radius 2 is 1.76 bits per heavy atom. The minimum atomic E-state index is -0.111. The number of rotatable bonds is 6. The van der Waals surface area contributed by atoms with Crippen LogP contribution in [0.5, 0.6) is 0 Å². The van der Waals surface area contributed by atoms with Crippen molar-refractivity contribution >= 4 is 5.91 Å². The van der Waals surface area contributed by atoms with E-state index < -0.39 is 0 Å². The average Bonchev–Trinajstić information content (AvgIpc) is 3.08. The van der Waals surface area contributed by atoms with Gasteiger partial charge >= 0.3 is 0 Å². The number of aryl methyl sites for hydroxylation is 1. The smallest absolute Gasteiger partial charge is 0.245 e. The summed E-state index contributed by atoms with van der Waals surface area (Å²) in [5.41, 5.74) is 1.41. The van der Waals surface area contributed by atoms with Gasteiger partial charge in [-0.1, -0.05) is 30.3 Å². The predicted molar refractivity (Wildman–Crippen MR) is 102 cm³/mol. The zero-order valence-electron chi connectivity index (χ0n) is 15.2. The Hall–Kier alpha value is -2.07. The molecule has 1 aliphatic rings. The van der Waals surface area contributed by atoms with Gasteiger partial charge in [0.15, 0.2) is 0 Å². The third kappa shape index (κ3) is 4.95. The Balaban J connectivity index is 1.44. The molecule has 1 aromatic heterocycles. The van der Waals surface area contributed by atoms with Crippen LogP contribution in [-0.2, 0) is 11.2 Å². The summed E-state index contributed by atoms with van der Waals surface area (Å²) in [5.74, 6) is 0.238. The van der Waals surface area contributed by atoms with Crippen molar-refractivity contribution in [1.82, 2.24) is 14.4 Å². The maximum absolute atomic E-state index is 12.7. The van der Waals surface area contributed by atoms with Gasteiger partial charge in [-0.25, -0.2) is 0 Å². The minimum Gasteiger partial charge on any atom is -0.342 e. The Morgan fingerprint density at radius 1 is 1.00 bits per heavy atom. The van der Waals surface area contributed by atoms with E-state index in [0.29, 0.717) is 0 Å². The van der Waals surface area contributed by atoms with Gasteiger partial charge in [0.25, 0.3) is 0 Å². The standard InChI is InChI=1S/C21H29N3O/c1-19(23-14-5-6-15-23)21(25)24-16-8-13-22(17-18-24)12-7-11-20-9-3-2-4-10-20/h2-6,9-10,14-15,19H,7-8,11-13,16-18H2,1H3. The van der Waals surface area contributed by atoms with Gasteiger partial charge in [-0.15, -0.1) is 0 Å². The number of hydrogen-bond donors (Lipinski definition) is 0. The van der Waals surface area contributed by atoms with Crippen molar-refractivity contribution in [2.75, 3.05) is 32.7 Å². The van der Waals surface area contributed by atoms with Crippen LogP contribution >= 0.6 is 0 Å². The molecule has 1 amide bonds. The van der Waals surface area contributed by atoms with E-state index in [9.17, 15) is 4.79 Å². The first kappa shape index (κ1) is 17.7. The summed E-state index contributed by atoms with van der Waals surface area (Å²) in [7, 11) is 0. The molecule has 0 saturated carbocycles. The molecule has 1 aliphatic heterocycles. The lowest BCUT2D eigenvalue weighted by molar-refractivity contribution is -0.134. The zero-order valence-corrected chi connectivity index (χ0v) is 15.2. The zero-order chi connectivity index (χ0) is 17.5. The third-order valence-corrected chi connectivity index (χ3v) is 5.11. The van der Waals surface area contributed by atoms with E-state index in [0.717, 1.165) is 45.6 Å². The van der Waals surface area contributed by atoms with Gasteiger partial charge in [0.1, 0.15) is 6.04 Å². The average molecular weight is 339 g/mol. The van der Waals surface area contributed by atoms with Gasteiger partial charge in [0.05, 0.1) is 0 Å². The lowest BCUT2D eigenvalue weighted by Gasteiger charge is -2.25. The molecule has 0 spiro atoms. The molecule has 0 N–H and O–H groups in total. The summed E-state index contributed by atoms with van der Waals surface area (Å²) < 4.78 is 1.99. The maximum atomic E-state index is 12.7. The highest BCUT2D eigenvalue weighted by molar-refractivity contribution is 5.80. The molecule has 2 heterocycles. The van der Waals surface area contributed by atoms with Gasteiger partial charge in [-0.2, -0.15) is 0 Å². The molecule has 0 aliphatic carbocycles. The van der Waals surface area contributed by atoms with Crippen LogP contribution in [-0.4, -0.2) is 53.0 Å². The fraction of sp³-hybridized carbons (Fsp3) is 0.476. The number of aromatic nitrogens is 1. The second-order valence-corrected chi connectivity index (χ2v) is 6.92. The molecule has 1 fully saturated rings. The van der Waals surface area contributed by atoms with Crippen molar-refractivity contribution in [3.8, 4) is 0 Å². The molecule has 1 unspecified atom stereocenters. The van der Waals surface area contributed by atoms with Crippen LogP contribution in [0.4, 0.5) is 0 Å². The molecular formula is C21H29N3O. The first-order valence-corrected chi connectivity index (χ1v) is 9.41. The summed E-state index contributed by atoms with van der Waals surface area (Å²) in [6.07, 6.45) is 7.31. The first-order valence-electron chi connectivity index (χ1n) is 9.41. The summed E-state index contributed by atoms with van der Waals surface area (Å²) in [4.78, 5) is 17.3.